The minimum atomic E-state index is 0.351. The number of nitrogens with zero attached hydrogens (tertiary/aromatic N) is 2. The Hall–Kier alpha value is -2.70. The monoisotopic (exact) mass is 374 g/mol. The average Bonchev–Trinajstić information content (AvgIpc) is 3.15. The highest BCUT2D eigenvalue weighted by Gasteiger charge is 2.07. The molecule has 0 bridgehead atoms. The van der Waals surface area contributed by atoms with E-state index >= 15 is 0 Å². The van der Waals surface area contributed by atoms with E-state index in [2.05, 4.69) is 34.6 Å². The standard InChI is InChI=1S/C20H30N4O3/c1-5-21-20(23-14-18-13-19(15(2)3)24-27-18)22-11-6-12-26-17-9-7-16(25-4)8-10-17/h7-10,13,15H,5-6,11-12,14H2,1-4H3,(H2,21,22,23). The van der Waals surface area contributed by atoms with E-state index in [-0.39, 0.29) is 0 Å². The lowest BCUT2D eigenvalue weighted by molar-refractivity contribution is 0.310. The fourth-order valence-electron chi connectivity index (χ4n) is 2.32. The minimum Gasteiger partial charge on any atom is -0.497 e. The van der Waals surface area contributed by atoms with E-state index < -0.39 is 0 Å². The van der Waals surface area contributed by atoms with Crippen molar-refractivity contribution in [2.24, 2.45) is 4.99 Å². The van der Waals surface area contributed by atoms with Gasteiger partial charge in [-0.1, -0.05) is 19.0 Å². The summed E-state index contributed by atoms with van der Waals surface area (Å²) in [6.45, 7) is 8.85. The zero-order chi connectivity index (χ0) is 19.5. The second-order valence-corrected chi connectivity index (χ2v) is 6.37. The molecule has 7 nitrogen and oxygen atoms in total. The Bertz CT molecular complexity index is 696. The second-order valence-electron chi connectivity index (χ2n) is 6.37. The maximum absolute atomic E-state index is 5.72. The first-order chi connectivity index (χ1) is 13.1. The molecule has 148 valence electrons. The maximum atomic E-state index is 5.72. The number of hydrogen-bond acceptors (Lipinski definition) is 5. The van der Waals surface area contributed by atoms with Crippen LogP contribution in [0.1, 0.15) is 44.6 Å². The zero-order valence-corrected chi connectivity index (χ0v) is 16.6. The van der Waals surface area contributed by atoms with Crippen LogP contribution in [0.3, 0.4) is 0 Å². The molecule has 2 rings (SSSR count). The summed E-state index contributed by atoms with van der Waals surface area (Å²) in [5.74, 6) is 3.53. The molecule has 0 amide bonds. The number of aromatic nitrogens is 1. The molecule has 7 heteroatoms. The average molecular weight is 374 g/mol. The number of rotatable bonds is 10. The van der Waals surface area contributed by atoms with Crippen molar-refractivity contribution < 1.29 is 14.0 Å². The van der Waals surface area contributed by atoms with Gasteiger partial charge >= 0.3 is 0 Å². The van der Waals surface area contributed by atoms with Gasteiger partial charge in [-0.3, -0.25) is 0 Å². The van der Waals surface area contributed by atoms with Crippen LogP contribution in [0.25, 0.3) is 0 Å². The molecule has 0 fully saturated rings. The van der Waals surface area contributed by atoms with Crippen molar-refractivity contribution in [3.8, 4) is 11.5 Å². The van der Waals surface area contributed by atoms with E-state index in [1.165, 1.54) is 0 Å². The summed E-state index contributed by atoms with van der Waals surface area (Å²) >= 11 is 0. The van der Waals surface area contributed by atoms with Crippen LogP contribution >= 0.6 is 0 Å². The smallest absolute Gasteiger partial charge is 0.191 e. The molecule has 2 aromatic rings. The van der Waals surface area contributed by atoms with Gasteiger partial charge in [-0.05, 0) is 43.5 Å². The summed E-state index contributed by atoms with van der Waals surface area (Å²) in [5, 5.41) is 10.6. The molecule has 27 heavy (non-hydrogen) atoms. The topological polar surface area (TPSA) is 80.9 Å². The first kappa shape index (κ1) is 20.6. The number of nitrogens with one attached hydrogen (secondary N) is 2. The summed E-state index contributed by atoms with van der Waals surface area (Å²) < 4.78 is 16.2. The van der Waals surface area contributed by atoms with Crippen LogP contribution in [0.2, 0.25) is 0 Å². The quantitative estimate of drug-likeness (QED) is 0.377. The van der Waals surface area contributed by atoms with Crippen LogP contribution in [0.4, 0.5) is 0 Å². The van der Waals surface area contributed by atoms with Crippen molar-refractivity contribution in [2.75, 3.05) is 26.8 Å². The van der Waals surface area contributed by atoms with Crippen molar-refractivity contribution in [3.63, 3.8) is 0 Å². The van der Waals surface area contributed by atoms with Crippen LogP contribution < -0.4 is 20.1 Å². The Morgan fingerprint density at radius 1 is 1.19 bits per heavy atom. The van der Waals surface area contributed by atoms with Gasteiger partial charge in [0.25, 0.3) is 0 Å². The third kappa shape index (κ3) is 7.21. The molecule has 0 saturated heterocycles. The Morgan fingerprint density at radius 2 is 1.93 bits per heavy atom. The lowest BCUT2D eigenvalue weighted by atomic mass is 10.1. The van der Waals surface area contributed by atoms with Crippen LogP contribution in [0.15, 0.2) is 39.8 Å². The van der Waals surface area contributed by atoms with E-state index in [4.69, 9.17) is 14.0 Å². The van der Waals surface area contributed by atoms with Crippen LogP contribution in [0.5, 0.6) is 11.5 Å². The van der Waals surface area contributed by atoms with Gasteiger partial charge in [0, 0.05) is 19.2 Å². The number of benzene rings is 1. The first-order valence-electron chi connectivity index (χ1n) is 9.37. The summed E-state index contributed by atoms with van der Waals surface area (Å²) in [4.78, 5) is 4.54. The summed E-state index contributed by atoms with van der Waals surface area (Å²) in [7, 11) is 1.65. The molecule has 0 unspecified atom stereocenters. The van der Waals surface area contributed by atoms with E-state index in [9.17, 15) is 0 Å². The van der Waals surface area contributed by atoms with Crippen molar-refractivity contribution in [3.05, 3.63) is 41.8 Å². The summed E-state index contributed by atoms with van der Waals surface area (Å²) in [6.07, 6.45) is 0.857. The van der Waals surface area contributed by atoms with Crippen molar-refractivity contribution in [1.29, 1.82) is 0 Å². The van der Waals surface area contributed by atoms with Gasteiger partial charge in [-0.2, -0.15) is 0 Å². The summed E-state index contributed by atoms with van der Waals surface area (Å²) in [5.41, 5.74) is 0.953. The van der Waals surface area contributed by atoms with Crippen LogP contribution in [-0.4, -0.2) is 37.9 Å². The lowest BCUT2D eigenvalue weighted by Gasteiger charge is -2.11. The maximum Gasteiger partial charge on any atom is 0.191 e. The number of guanidine groups is 1. The normalized spacial score (nSPS) is 11.5. The first-order valence-corrected chi connectivity index (χ1v) is 9.37. The molecule has 0 spiro atoms. The molecule has 2 N–H and O–H groups in total. The molecular weight excluding hydrogens is 344 g/mol. The van der Waals surface area contributed by atoms with Crippen molar-refractivity contribution >= 4 is 5.96 Å². The van der Waals surface area contributed by atoms with Crippen LogP contribution in [-0.2, 0) is 6.54 Å². The van der Waals surface area contributed by atoms with Crippen molar-refractivity contribution in [1.82, 2.24) is 15.8 Å². The highest BCUT2D eigenvalue weighted by Crippen LogP contribution is 2.17. The van der Waals surface area contributed by atoms with Gasteiger partial charge in [-0.15, -0.1) is 0 Å². The van der Waals surface area contributed by atoms with Gasteiger partial charge in [0.2, 0.25) is 0 Å². The minimum absolute atomic E-state index is 0.351. The molecule has 0 aliphatic carbocycles. The molecule has 0 atom stereocenters. The Balaban J connectivity index is 1.72. The predicted molar refractivity (Wildman–Crippen MR) is 107 cm³/mol. The molecule has 1 heterocycles. The fourth-order valence-corrected chi connectivity index (χ4v) is 2.32. The second kappa shape index (κ2) is 11.1. The zero-order valence-electron chi connectivity index (χ0n) is 16.6. The fraction of sp³-hybridized carbons (Fsp3) is 0.500. The predicted octanol–water partition coefficient (Wildman–Crippen LogP) is 3.33. The summed E-state index contributed by atoms with van der Waals surface area (Å²) in [6, 6.07) is 9.54. The number of hydrogen-bond donors (Lipinski definition) is 2. The van der Waals surface area contributed by atoms with E-state index in [0.29, 0.717) is 19.1 Å². The van der Waals surface area contributed by atoms with Gasteiger partial charge in [0.15, 0.2) is 11.7 Å². The Morgan fingerprint density at radius 3 is 2.56 bits per heavy atom. The molecule has 1 aromatic heterocycles. The Kier molecular flexibility index (Phi) is 8.48. The largest absolute Gasteiger partial charge is 0.497 e. The van der Waals surface area contributed by atoms with Gasteiger partial charge in [0.05, 0.1) is 19.4 Å². The van der Waals surface area contributed by atoms with Crippen molar-refractivity contribution in [2.45, 2.75) is 39.7 Å². The molecular formula is C20H30N4O3. The van der Waals surface area contributed by atoms with E-state index in [1.807, 2.05) is 37.3 Å². The van der Waals surface area contributed by atoms with E-state index in [0.717, 1.165) is 48.4 Å². The Labute approximate surface area is 161 Å². The molecule has 0 radical (unpaired) electrons. The lowest BCUT2D eigenvalue weighted by Crippen LogP contribution is -2.38. The molecule has 0 aliphatic heterocycles. The van der Waals surface area contributed by atoms with Crippen LogP contribution in [0, 0.1) is 0 Å². The third-order valence-corrected chi connectivity index (χ3v) is 3.85. The molecule has 1 aromatic carbocycles. The van der Waals surface area contributed by atoms with Gasteiger partial charge in [-0.25, -0.2) is 4.99 Å². The molecule has 0 saturated carbocycles. The third-order valence-electron chi connectivity index (χ3n) is 3.85. The SMILES string of the molecule is CCNC(=NCc1cc(C(C)C)no1)NCCCOc1ccc(OC)cc1. The van der Waals surface area contributed by atoms with Gasteiger partial charge < -0.3 is 24.6 Å². The highest BCUT2D eigenvalue weighted by molar-refractivity contribution is 5.79. The number of methoxy groups -OCH3 is 1. The number of aliphatic imine (C=N–C) groups is 1. The number of ether oxygens (including phenoxy) is 2. The van der Waals surface area contributed by atoms with E-state index in [1.54, 1.807) is 7.11 Å². The highest BCUT2D eigenvalue weighted by atomic mass is 16.5. The van der Waals surface area contributed by atoms with Gasteiger partial charge in [0.1, 0.15) is 18.0 Å². The molecule has 0 aliphatic rings.